The quantitative estimate of drug-likeness (QED) is 0.730. The number of hydrogen-bond acceptors (Lipinski definition) is 3. The largest absolute Gasteiger partial charge is 0.380 e. The fourth-order valence-electron chi connectivity index (χ4n) is 1.52. The van der Waals surface area contributed by atoms with Crippen molar-refractivity contribution in [3.8, 4) is 0 Å². The second kappa shape index (κ2) is 5.99. The minimum atomic E-state index is 0.394. The molecule has 0 aliphatic carbocycles. The molecule has 1 N–H and O–H groups in total. The Bertz CT molecular complexity index is 150. The molecule has 0 aromatic rings. The fraction of sp³-hybridized carbons (Fsp3) is 1.00. The molecule has 0 saturated carbocycles. The third-order valence-electron chi connectivity index (χ3n) is 2.23. The van der Waals surface area contributed by atoms with Crippen molar-refractivity contribution in [3.63, 3.8) is 0 Å². The van der Waals surface area contributed by atoms with Crippen molar-refractivity contribution in [2.24, 2.45) is 0 Å². The van der Waals surface area contributed by atoms with Gasteiger partial charge in [-0.15, -0.1) is 0 Å². The molecule has 1 aliphatic heterocycles. The van der Waals surface area contributed by atoms with Gasteiger partial charge in [-0.1, -0.05) is 20.8 Å². The topological polar surface area (TPSA) is 21.3 Å². The van der Waals surface area contributed by atoms with Crippen molar-refractivity contribution in [3.05, 3.63) is 0 Å². The molecule has 1 saturated heterocycles. The van der Waals surface area contributed by atoms with Gasteiger partial charge in [0.25, 0.3) is 0 Å². The van der Waals surface area contributed by atoms with Crippen molar-refractivity contribution < 1.29 is 4.74 Å². The van der Waals surface area contributed by atoms with Gasteiger partial charge in [-0.25, -0.2) is 0 Å². The van der Waals surface area contributed by atoms with E-state index in [1.54, 1.807) is 0 Å². The van der Waals surface area contributed by atoms with Crippen LogP contribution >= 0.6 is 11.8 Å². The lowest BCUT2D eigenvalue weighted by atomic mass is 10.1. The molecule has 3 heteroatoms. The van der Waals surface area contributed by atoms with Gasteiger partial charge in [-0.2, -0.15) is 11.8 Å². The summed E-state index contributed by atoms with van der Waals surface area (Å²) in [6, 6.07) is 0.601. The monoisotopic (exact) mass is 217 g/mol. The molecule has 1 heterocycles. The van der Waals surface area contributed by atoms with Crippen LogP contribution in [-0.4, -0.2) is 36.3 Å². The molecule has 0 spiro atoms. The molecule has 1 unspecified atom stereocenters. The van der Waals surface area contributed by atoms with Crippen molar-refractivity contribution in [2.75, 3.05) is 25.5 Å². The third kappa shape index (κ3) is 5.89. The standard InChI is InChI=1S/C11H23NOS/c1-11(2,3)14-8-6-12-10-5-4-7-13-9-10/h10,12H,4-9H2,1-3H3. The van der Waals surface area contributed by atoms with Gasteiger partial charge in [0, 0.05) is 29.7 Å². The summed E-state index contributed by atoms with van der Waals surface area (Å²) in [7, 11) is 0. The maximum atomic E-state index is 5.41. The van der Waals surface area contributed by atoms with Crippen LogP contribution < -0.4 is 5.32 Å². The van der Waals surface area contributed by atoms with E-state index in [1.807, 2.05) is 11.8 Å². The Hall–Kier alpha value is 0.270. The van der Waals surface area contributed by atoms with Crippen LogP contribution in [0.15, 0.2) is 0 Å². The van der Waals surface area contributed by atoms with E-state index in [2.05, 4.69) is 26.1 Å². The van der Waals surface area contributed by atoms with E-state index < -0.39 is 0 Å². The molecule has 1 fully saturated rings. The first-order valence-corrected chi connectivity index (χ1v) is 6.51. The molecule has 1 aliphatic rings. The summed E-state index contributed by atoms with van der Waals surface area (Å²) in [5.41, 5.74) is 0. The average Bonchev–Trinajstić information content (AvgIpc) is 2.13. The lowest BCUT2D eigenvalue weighted by molar-refractivity contribution is 0.0712. The van der Waals surface area contributed by atoms with Gasteiger partial charge < -0.3 is 10.1 Å². The second-order valence-electron chi connectivity index (χ2n) is 4.83. The molecule has 2 nitrogen and oxygen atoms in total. The van der Waals surface area contributed by atoms with Crippen LogP contribution in [0, 0.1) is 0 Å². The SMILES string of the molecule is CC(C)(C)SCCNC1CCCOC1. The third-order valence-corrected chi connectivity index (χ3v) is 3.50. The Balaban J connectivity index is 1.97. The van der Waals surface area contributed by atoms with E-state index in [-0.39, 0.29) is 0 Å². The number of rotatable bonds is 4. The Morgan fingerprint density at radius 2 is 2.21 bits per heavy atom. The molecule has 0 aromatic carbocycles. The van der Waals surface area contributed by atoms with E-state index in [4.69, 9.17) is 4.74 Å². The van der Waals surface area contributed by atoms with Gasteiger partial charge in [0.05, 0.1) is 6.61 Å². The van der Waals surface area contributed by atoms with Crippen LogP contribution in [0.25, 0.3) is 0 Å². The van der Waals surface area contributed by atoms with Crippen LogP contribution in [-0.2, 0) is 4.74 Å². The van der Waals surface area contributed by atoms with Gasteiger partial charge in [-0.05, 0) is 12.8 Å². The summed E-state index contributed by atoms with van der Waals surface area (Å²) in [5, 5.41) is 3.55. The zero-order valence-electron chi connectivity index (χ0n) is 9.64. The minimum absolute atomic E-state index is 0.394. The summed E-state index contributed by atoms with van der Waals surface area (Å²) in [6.45, 7) is 9.76. The highest BCUT2D eigenvalue weighted by atomic mass is 32.2. The highest BCUT2D eigenvalue weighted by molar-refractivity contribution is 8.00. The van der Waals surface area contributed by atoms with Crippen LogP contribution in [0.2, 0.25) is 0 Å². The summed E-state index contributed by atoms with van der Waals surface area (Å²) >= 11 is 2.02. The number of ether oxygens (including phenoxy) is 1. The maximum absolute atomic E-state index is 5.41. The minimum Gasteiger partial charge on any atom is -0.380 e. The summed E-state index contributed by atoms with van der Waals surface area (Å²) in [5.74, 6) is 1.19. The van der Waals surface area contributed by atoms with Crippen LogP contribution in [0.5, 0.6) is 0 Å². The van der Waals surface area contributed by atoms with Crippen LogP contribution in [0.4, 0.5) is 0 Å². The predicted octanol–water partition coefficient (Wildman–Crippen LogP) is 2.29. The molecule has 0 aromatic heterocycles. The molecule has 0 amide bonds. The van der Waals surface area contributed by atoms with Crippen molar-refractivity contribution in [1.82, 2.24) is 5.32 Å². The molecule has 14 heavy (non-hydrogen) atoms. The van der Waals surface area contributed by atoms with Gasteiger partial charge in [0.2, 0.25) is 0 Å². The van der Waals surface area contributed by atoms with E-state index in [0.29, 0.717) is 10.8 Å². The van der Waals surface area contributed by atoms with Gasteiger partial charge >= 0.3 is 0 Å². The highest BCUT2D eigenvalue weighted by Gasteiger charge is 2.13. The first kappa shape index (κ1) is 12.3. The predicted molar refractivity (Wildman–Crippen MR) is 64.1 cm³/mol. The number of hydrogen-bond donors (Lipinski definition) is 1. The first-order chi connectivity index (χ1) is 6.58. The van der Waals surface area contributed by atoms with Crippen LogP contribution in [0.1, 0.15) is 33.6 Å². The maximum Gasteiger partial charge on any atom is 0.0619 e. The molecule has 84 valence electrons. The lowest BCUT2D eigenvalue weighted by Gasteiger charge is -2.24. The zero-order chi connectivity index (χ0) is 10.4. The van der Waals surface area contributed by atoms with E-state index >= 15 is 0 Å². The Labute approximate surface area is 92.2 Å². The van der Waals surface area contributed by atoms with E-state index in [9.17, 15) is 0 Å². The van der Waals surface area contributed by atoms with Gasteiger partial charge in [-0.3, -0.25) is 0 Å². The molecule has 0 radical (unpaired) electrons. The van der Waals surface area contributed by atoms with Gasteiger partial charge in [0.15, 0.2) is 0 Å². The van der Waals surface area contributed by atoms with Crippen LogP contribution in [0.3, 0.4) is 0 Å². The summed E-state index contributed by atoms with van der Waals surface area (Å²) in [6.07, 6.45) is 2.49. The Morgan fingerprint density at radius 3 is 2.79 bits per heavy atom. The van der Waals surface area contributed by atoms with E-state index in [0.717, 1.165) is 19.8 Å². The fourth-order valence-corrected chi connectivity index (χ4v) is 2.35. The molecule has 1 rings (SSSR count). The molecule has 0 bridgehead atoms. The lowest BCUT2D eigenvalue weighted by Crippen LogP contribution is -2.38. The smallest absolute Gasteiger partial charge is 0.0619 e. The van der Waals surface area contributed by atoms with Crippen molar-refractivity contribution >= 4 is 11.8 Å². The highest BCUT2D eigenvalue weighted by Crippen LogP contribution is 2.22. The number of thioether (sulfide) groups is 1. The number of nitrogens with one attached hydrogen (secondary N) is 1. The first-order valence-electron chi connectivity index (χ1n) is 5.53. The van der Waals surface area contributed by atoms with Crippen molar-refractivity contribution in [2.45, 2.75) is 44.4 Å². The summed E-state index contributed by atoms with van der Waals surface area (Å²) < 4.78 is 5.80. The Morgan fingerprint density at radius 1 is 1.43 bits per heavy atom. The van der Waals surface area contributed by atoms with E-state index in [1.165, 1.54) is 18.6 Å². The zero-order valence-corrected chi connectivity index (χ0v) is 10.5. The molecule has 1 atom stereocenters. The molecular weight excluding hydrogens is 194 g/mol. The van der Waals surface area contributed by atoms with Crippen molar-refractivity contribution in [1.29, 1.82) is 0 Å². The molecular formula is C11H23NOS. The normalized spacial score (nSPS) is 23.8. The average molecular weight is 217 g/mol. The second-order valence-corrected chi connectivity index (χ2v) is 6.75. The Kier molecular flexibility index (Phi) is 5.28. The van der Waals surface area contributed by atoms with Gasteiger partial charge in [0.1, 0.15) is 0 Å². The summed E-state index contributed by atoms with van der Waals surface area (Å²) in [4.78, 5) is 0.